The molecule has 0 saturated heterocycles. The molecule has 206 valence electrons. The zero-order valence-corrected chi connectivity index (χ0v) is 23.6. The predicted octanol–water partition coefficient (Wildman–Crippen LogP) is 7.27. The van der Waals surface area contributed by atoms with Gasteiger partial charge in [0.2, 0.25) is 23.1 Å². The lowest BCUT2D eigenvalue weighted by molar-refractivity contribution is -0.206. The highest BCUT2D eigenvalue weighted by atomic mass is 16.7. The molecule has 0 saturated carbocycles. The maximum atomic E-state index is 13.1. The van der Waals surface area contributed by atoms with Gasteiger partial charge in [0.15, 0.2) is 0 Å². The van der Waals surface area contributed by atoms with Gasteiger partial charge in [-0.15, -0.1) is 0 Å². The first kappa shape index (κ1) is 32.6. The number of benzene rings is 2. The van der Waals surface area contributed by atoms with Crippen LogP contribution >= 0.6 is 0 Å². The molecule has 0 aliphatic carbocycles. The van der Waals surface area contributed by atoms with Gasteiger partial charge in [-0.25, -0.2) is 0 Å². The molecule has 0 atom stereocenters. The van der Waals surface area contributed by atoms with Crippen LogP contribution < -0.4 is 0 Å². The molecule has 2 aromatic rings. The molecule has 6 heteroatoms. The van der Waals surface area contributed by atoms with Gasteiger partial charge in [0.1, 0.15) is 0 Å². The molecule has 0 bridgehead atoms. The van der Waals surface area contributed by atoms with Crippen molar-refractivity contribution >= 4 is 11.6 Å². The summed E-state index contributed by atoms with van der Waals surface area (Å²) in [5, 5.41) is 0. The van der Waals surface area contributed by atoms with Gasteiger partial charge < -0.3 is 18.9 Å². The van der Waals surface area contributed by atoms with Gasteiger partial charge in [-0.05, 0) is 26.2 Å². The Bertz CT molecular complexity index is 869. The van der Waals surface area contributed by atoms with E-state index in [0.29, 0.717) is 30.8 Å². The highest BCUT2D eigenvalue weighted by molar-refractivity contribution is 6.01. The summed E-state index contributed by atoms with van der Waals surface area (Å²) < 4.78 is 22.1. The van der Waals surface area contributed by atoms with Crippen LogP contribution in [-0.4, -0.2) is 50.6 Å². The lowest BCUT2D eigenvalue weighted by Gasteiger charge is -2.32. The third-order valence-corrected chi connectivity index (χ3v) is 6.05. The number of carbonyl (C=O) groups excluding carboxylic acids is 2. The fraction of sp³-hybridized carbons (Fsp3) is 0.548. The Labute approximate surface area is 223 Å². The predicted molar refractivity (Wildman–Crippen MR) is 148 cm³/mol. The Morgan fingerprint density at radius 1 is 0.649 bits per heavy atom. The molecule has 0 aromatic heterocycles. The van der Waals surface area contributed by atoms with Crippen LogP contribution in [0.15, 0.2) is 60.7 Å². The first-order chi connectivity index (χ1) is 17.8. The first-order valence-electron chi connectivity index (χ1n) is 13.4. The second-order valence-electron chi connectivity index (χ2n) is 9.00. The van der Waals surface area contributed by atoms with Crippen molar-refractivity contribution in [3.63, 3.8) is 0 Å². The number of unbranched alkanes of at least 4 members (excludes halogenated alkanes) is 3. The minimum absolute atomic E-state index is 0.0449. The fourth-order valence-electron chi connectivity index (χ4n) is 3.68. The quantitative estimate of drug-likeness (QED) is 0.126. The third-order valence-electron chi connectivity index (χ3n) is 6.05. The van der Waals surface area contributed by atoms with E-state index in [1.807, 2.05) is 36.4 Å². The molecular weight excluding hydrogens is 468 g/mol. The van der Waals surface area contributed by atoms with Crippen molar-refractivity contribution in [1.82, 2.24) is 0 Å². The maximum absolute atomic E-state index is 13.1. The van der Waals surface area contributed by atoms with Gasteiger partial charge in [0.05, 0.1) is 13.2 Å². The van der Waals surface area contributed by atoms with E-state index in [4.69, 9.17) is 18.9 Å². The Kier molecular flexibility index (Phi) is 15.9. The molecule has 0 unspecified atom stereocenters. The summed E-state index contributed by atoms with van der Waals surface area (Å²) in [4.78, 5) is 25.0. The molecule has 0 N–H and O–H groups in total. The van der Waals surface area contributed by atoms with Crippen molar-refractivity contribution < 1.29 is 28.5 Å². The second kappa shape index (κ2) is 18.0. The van der Waals surface area contributed by atoms with Gasteiger partial charge in [0.25, 0.3) is 0 Å². The zero-order chi connectivity index (χ0) is 27.6. The van der Waals surface area contributed by atoms with E-state index in [1.54, 1.807) is 31.2 Å². The van der Waals surface area contributed by atoms with Gasteiger partial charge in [0, 0.05) is 31.8 Å². The molecule has 0 aliphatic heterocycles. The van der Waals surface area contributed by atoms with E-state index in [0.717, 1.165) is 25.7 Å². The number of rotatable bonds is 17. The van der Waals surface area contributed by atoms with Crippen molar-refractivity contribution in [2.24, 2.45) is 0 Å². The van der Waals surface area contributed by atoms with E-state index in [9.17, 15) is 9.59 Å². The normalized spacial score (nSPS) is 11.5. The number of ether oxygens (including phenoxy) is 4. The average molecular weight is 515 g/mol. The maximum Gasteiger partial charge on any atom is 0.233 e. The number of carbonyl (C=O) groups is 2. The summed E-state index contributed by atoms with van der Waals surface area (Å²) in [5.74, 6) is -2.54. The van der Waals surface area contributed by atoms with Gasteiger partial charge in [-0.1, -0.05) is 101 Å². The Morgan fingerprint density at radius 3 is 1.51 bits per heavy atom. The van der Waals surface area contributed by atoms with Crippen LogP contribution in [0.3, 0.4) is 0 Å². The molecule has 2 aromatic carbocycles. The molecule has 0 aliphatic rings. The minimum Gasteiger partial charge on any atom is -0.347 e. The van der Waals surface area contributed by atoms with Crippen LogP contribution in [0.25, 0.3) is 0 Å². The van der Waals surface area contributed by atoms with E-state index < -0.39 is 11.6 Å². The third kappa shape index (κ3) is 10.5. The lowest BCUT2D eigenvalue weighted by atomic mass is 9.97. The molecule has 0 heterocycles. The van der Waals surface area contributed by atoms with Crippen LogP contribution in [0.4, 0.5) is 0 Å². The van der Waals surface area contributed by atoms with Crippen LogP contribution in [0.1, 0.15) is 93.4 Å². The molecular formula is C31H46O6. The SMILES string of the molecule is CCCCCCC(OCCC)(OCCC)C(=O)c1ccccc1.COC(C)(OC)C(=O)c1ccccc1. The number of ketones is 2. The largest absolute Gasteiger partial charge is 0.347 e. The summed E-state index contributed by atoms with van der Waals surface area (Å²) in [7, 11) is 2.90. The van der Waals surface area contributed by atoms with Crippen molar-refractivity contribution in [3.05, 3.63) is 71.8 Å². The topological polar surface area (TPSA) is 71.1 Å². The second-order valence-corrected chi connectivity index (χ2v) is 9.00. The highest BCUT2D eigenvalue weighted by Gasteiger charge is 2.40. The average Bonchev–Trinajstić information content (AvgIpc) is 2.96. The summed E-state index contributed by atoms with van der Waals surface area (Å²) >= 11 is 0. The number of methoxy groups -OCH3 is 2. The summed E-state index contributed by atoms with van der Waals surface area (Å²) in [6, 6.07) is 18.3. The van der Waals surface area contributed by atoms with Gasteiger partial charge in [-0.3, -0.25) is 9.59 Å². The summed E-state index contributed by atoms with van der Waals surface area (Å²) in [6.45, 7) is 8.96. The molecule has 37 heavy (non-hydrogen) atoms. The fourth-order valence-corrected chi connectivity index (χ4v) is 3.68. The van der Waals surface area contributed by atoms with Gasteiger partial charge >= 0.3 is 0 Å². The molecule has 0 spiro atoms. The van der Waals surface area contributed by atoms with Crippen molar-refractivity contribution in [1.29, 1.82) is 0 Å². The molecule has 6 nitrogen and oxygen atoms in total. The summed E-state index contributed by atoms with van der Waals surface area (Å²) in [6.07, 6.45) is 6.76. The number of hydrogen-bond donors (Lipinski definition) is 0. The molecule has 0 radical (unpaired) electrons. The minimum atomic E-state index is -1.19. The van der Waals surface area contributed by atoms with Crippen LogP contribution in [0.2, 0.25) is 0 Å². The van der Waals surface area contributed by atoms with Crippen LogP contribution in [0, 0.1) is 0 Å². The smallest absolute Gasteiger partial charge is 0.233 e. The standard InChI is InChI=1S/C20H32O3.C11H14O3/c1-4-7-8-12-15-20(22-16-5-2,23-17-6-3)19(21)18-13-10-9-11-14-18;1-11(13-2,14-3)10(12)9-7-5-4-6-8-9/h9-11,13-14H,4-8,12,15-17H2,1-3H3;4-8H,1-3H3. The number of Topliss-reactive ketones (excluding diaryl/α,β-unsaturated/α-hetero) is 2. The molecule has 0 amide bonds. The Morgan fingerprint density at radius 2 is 1.11 bits per heavy atom. The van der Waals surface area contributed by atoms with E-state index in [-0.39, 0.29) is 11.6 Å². The van der Waals surface area contributed by atoms with E-state index in [1.165, 1.54) is 27.1 Å². The van der Waals surface area contributed by atoms with Crippen molar-refractivity contribution in [3.8, 4) is 0 Å². The van der Waals surface area contributed by atoms with E-state index >= 15 is 0 Å². The zero-order valence-electron chi connectivity index (χ0n) is 23.6. The Balaban J connectivity index is 0.000000417. The molecule has 2 rings (SSSR count). The Hall–Kier alpha value is -2.38. The highest BCUT2D eigenvalue weighted by Crippen LogP contribution is 2.28. The molecule has 0 fully saturated rings. The monoisotopic (exact) mass is 514 g/mol. The van der Waals surface area contributed by atoms with Crippen LogP contribution in [0.5, 0.6) is 0 Å². The van der Waals surface area contributed by atoms with Gasteiger partial charge in [-0.2, -0.15) is 0 Å². The van der Waals surface area contributed by atoms with E-state index in [2.05, 4.69) is 20.8 Å². The van der Waals surface area contributed by atoms with Crippen molar-refractivity contribution in [2.75, 3.05) is 27.4 Å². The number of hydrogen-bond acceptors (Lipinski definition) is 6. The lowest BCUT2D eigenvalue weighted by Crippen LogP contribution is -2.45. The summed E-state index contributed by atoms with van der Waals surface area (Å²) in [5.41, 5.74) is 1.24. The first-order valence-corrected chi connectivity index (χ1v) is 13.4. The van der Waals surface area contributed by atoms with Crippen molar-refractivity contribution in [2.45, 2.75) is 84.2 Å². The van der Waals surface area contributed by atoms with Crippen LogP contribution in [-0.2, 0) is 18.9 Å².